The van der Waals surface area contributed by atoms with E-state index < -0.39 is 0 Å². The number of hydrogen-bond acceptors (Lipinski definition) is 1. The standard InChI is InChI=1S/C8H9BrS/c1-2-4-7(9)8-5-3-6-10-8/h2-7H,1H3/b4-2+. The molecule has 1 atom stereocenters. The van der Waals surface area contributed by atoms with Crippen LogP contribution in [0.4, 0.5) is 0 Å². The fourth-order valence-electron chi connectivity index (χ4n) is 0.712. The van der Waals surface area contributed by atoms with Gasteiger partial charge in [-0.25, -0.2) is 0 Å². The van der Waals surface area contributed by atoms with Crippen molar-refractivity contribution in [2.75, 3.05) is 0 Å². The van der Waals surface area contributed by atoms with Gasteiger partial charge in [-0.15, -0.1) is 11.3 Å². The van der Waals surface area contributed by atoms with Crippen molar-refractivity contribution in [3.63, 3.8) is 0 Å². The minimum atomic E-state index is 0.400. The molecule has 0 aromatic carbocycles. The molecule has 1 aromatic heterocycles. The van der Waals surface area contributed by atoms with Crippen molar-refractivity contribution in [3.8, 4) is 0 Å². The van der Waals surface area contributed by atoms with E-state index in [1.807, 2.05) is 6.92 Å². The fraction of sp³-hybridized carbons (Fsp3) is 0.250. The summed E-state index contributed by atoms with van der Waals surface area (Å²) >= 11 is 5.32. The first-order chi connectivity index (χ1) is 4.84. The second-order valence-electron chi connectivity index (χ2n) is 1.94. The van der Waals surface area contributed by atoms with Crippen molar-refractivity contribution in [1.29, 1.82) is 0 Å². The van der Waals surface area contributed by atoms with Crippen LogP contribution in [-0.2, 0) is 0 Å². The van der Waals surface area contributed by atoms with E-state index in [9.17, 15) is 0 Å². The van der Waals surface area contributed by atoms with E-state index in [4.69, 9.17) is 0 Å². The van der Waals surface area contributed by atoms with Gasteiger partial charge in [0.1, 0.15) is 0 Å². The molecule has 0 spiro atoms. The normalized spacial score (nSPS) is 14.2. The molecule has 2 heteroatoms. The van der Waals surface area contributed by atoms with Crippen LogP contribution in [0.5, 0.6) is 0 Å². The van der Waals surface area contributed by atoms with Crippen LogP contribution in [-0.4, -0.2) is 0 Å². The van der Waals surface area contributed by atoms with Crippen molar-refractivity contribution in [1.82, 2.24) is 0 Å². The molecule has 54 valence electrons. The first kappa shape index (κ1) is 8.02. The van der Waals surface area contributed by atoms with Crippen molar-refractivity contribution < 1.29 is 0 Å². The molecule has 1 unspecified atom stereocenters. The second-order valence-corrected chi connectivity index (χ2v) is 3.91. The van der Waals surface area contributed by atoms with Crippen LogP contribution in [0.3, 0.4) is 0 Å². The van der Waals surface area contributed by atoms with Crippen LogP contribution in [0.1, 0.15) is 16.6 Å². The lowest BCUT2D eigenvalue weighted by Crippen LogP contribution is -1.76. The summed E-state index contributed by atoms with van der Waals surface area (Å²) in [4.78, 5) is 1.76. The van der Waals surface area contributed by atoms with Gasteiger partial charge in [0, 0.05) is 4.88 Å². The van der Waals surface area contributed by atoms with E-state index in [1.165, 1.54) is 4.88 Å². The Morgan fingerprint density at radius 1 is 1.70 bits per heavy atom. The SMILES string of the molecule is C/C=C/C(Br)c1cccs1. The van der Waals surface area contributed by atoms with E-state index in [1.54, 1.807) is 11.3 Å². The Labute approximate surface area is 73.7 Å². The summed E-state index contributed by atoms with van der Waals surface area (Å²) < 4.78 is 0. The Morgan fingerprint density at radius 2 is 2.50 bits per heavy atom. The van der Waals surface area contributed by atoms with E-state index in [-0.39, 0.29) is 0 Å². The van der Waals surface area contributed by atoms with E-state index in [0.717, 1.165) is 0 Å². The summed E-state index contributed by atoms with van der Waals surface area (Å²) in [6.45, 7) is 2.03. The van der Waals surface area contributed by atoms with Crippen LogP contribution in [0.2, 0.25) is 0 Å². The van der Waals surface area contributed by atoms with Gasteiger partial charge in [0.05, 0.1) is 4.83 Å². The van der Waals surface area contributed by atoms with Gasteiger partial charge in [-0.05, 0) is 18.4 Å². The molecule has 1 aromatic rings. The minimum absolute atomic E-state index is 0.400. The van der Waals surface area contributed by atoms with Gasteiger partial charge >= 0.3 is 0 Å². The summed E-state index contributed by atoms with van der Waals surface area (Å²) in [6.07, 6.45) is 4.19. The Bertz CT molecular complexity index is 201. The van der Waals surface area contributed by atoms with Gasteiger partial charge in [-0.2, -0.15) is 0 Å². The molecule has 0 saturated heterocycles. The molecule has 0 radical (unpaired) electrons. The van der Waals surface area contributed by atoms with Crippen molar-refractivity contribution in [2.45, 2.75) is 11.8 Å². The number of allylic oxidation sites excluding steroid dienone is 2. The van der Waals surface area contributed by atoms with Crippen LogP contribution < -0.4 is 0 Å². The van der Waals surface area contributed by atoms with Gasteiger partial charge < -0.3 is 0 Å². The molecule has 0 aliphatic rings. The zero-order valence-electron chi connectivity index (χ0n) is 5.75. The van der Waals surface area contributed by atoms with E-state index >= 15 is 0 Å². The largest absolute Gasteiger partial charge is 0.147 e. The number of alkyl halides is 1. The third-order valence-corrected chi connectivity index (χ3v) is 3.23. The summed E-state index contributed by atoms with van der Waals surface area (Å²) in [6, 6.07) is 4.20. The lowest BCUT2D eigenvalue weighted by molar-refractivity contribution is 1.31. The maximum Gasteiger partial charge on any atom is 0.0668 e. The van der Waals surface area contributed by atoms with Crippen LogP contribution >= 0.6 is 27.3 Å². The minimum Gasteiger partial charge on any atom is -0.147 e. The number of halogens is 1. The van der Waals surface area contributed by atoms with Crippen molar-refractivity contribution in [2.24, 2.45) is 0 Å². The fourth-order valence-corrected chi connectivity index (χ4v) is 2.17. The molecule has 0 nitrogen and oxygen atoms in total. The summed E-state index contributed by atoms with van der Waals surface area (Å²) in [5, 5.41) is 2.09. The number of thiophene rings is 1. The maximum absolute atomic E-state index is 3.55. The zero-order chi connectivity index (χ0) is 7.40. The highest BCUT2D eigenvalue weighted by atomic mass is 79.9. The molecule has 0 aliphatic carbocycles. The predicted octanol–water partition coefficient (Wildman–Crippen LogP) is 3.76. The Hall–Kier alpha value is -0.0800. The summed E-state index contributed by atoms with van der Waals surface area (Å²) in [5.41, 5.74) is 0. The van der Waals surface area contributed by atoms with Gasteiger partial charge in [0.25, 0.3) is 0 Å². The molecule has 1 heterocycles. The third-order valence-electron chi connectivity index (χ3n) is 1.18. The Balaban J connectivity index is 2.67. The Morgan fingerprint density at radius 3 is 3.00 bits per heavy atom. The molecule has 0 amide bonds. The molecule has 1 rings (SSSR count). The quantitative estimate of drug-likeness (QED) is 0.522. The van der Waals surface area contributed by atoms with Gasteiger partial charge in [0.15, 0.2) is 0 Å². The summed E-state index contributed by atoms with van der Waals surface area (Å²) in [7, 11) is 0. The Kier molecular flexibility index (Phi) is 3.16. The average Bonchev–Trinajstić information content (AvgIpc) is 2.38. The monoisotopic (exact) mass is 216 g/mol. The maximum atomic E-state index is 3.55. The number of rotatable bonds is 2. The molecule has 0 fully saturated rings. The molecular formula is C8H9BrS. The third kappa shape index (κ3) is 1.96. The molecule has 0 aliphatic heterocycles. The van der Waals surface area contributed by atoms with Gasteiger partial charge in [-0.1, -0.05) is 34.1 Å². The first-order valence-electron chi connectivity index (χ1n) is 3.15. The first-order valence-corrected chi connectivity index (χ1v) is 4.94. The van der Waals surface area contributed by atoms with Crippen LogP contribution in [0.15, 0.2) is 29.7 Å². The zero-order valence-corrected chi connectivity index (χ0v) is 8.15. The highest BCUT2D eigenvalue weighted by molar-refractivity contribution is 9.09. The lowest BCUT2D eigenvalue weighted by atomic mass is 10.3. The van der Waals surface area contributed by atoms with E-state index in [2.05, 4.69) is 45.6 Å². The molecule has 10 heavy (non-hydrogen) atoms. The smallest absolute Gasteiger partial charge is 0.0668 e. The average molecular weight is 217 g/mol. The second kappa shape index (κ2) is 3.94. The molecule has 0 saturated carbocycles. The van der Waals surface area contributed by atoms with Crippen molar-refractivity contribution >= 4 is 27.3 Å². The lowest BCUT2D eigenvalue weighted by Gasteiger charge is -1.97. The van der Waals surface area contributed by atoms with E-state index in [0.29, 0.717) is 4.83 Å². The molecular weight excluding hydrogens is 208 g/mol. The van der Waals surface area contributed by atoms with Gasteiger partial charge in [0.2, 0.25) is 0 Å². The van der Waals surface area contributed by atoms with Gasteiger partial charge in [-0.3, -0.25) is 0 Å². The van der Waals surface area contributed by atoms with Crippen LogP contribution in [0, 0.1) is 0 Å². The van der Waals surface area contributed by atoms with Crippen LogP contribution in [0.25, 0.3) is 0 Å². The predicted molar refractivity (Wildman–Crippen MR) is 50.8 cm³/mol. The highest BCUT2D eigenvalue weighted by Crippen LogP contribution is 2.27. The highest BCUT2D eigenvalue weighted by Gasteiger charge is 2.01. The topological polar surface area (TPSA) is 0 Å². The van der Waals surface area contributed by atoms with Crippen molar-refractivity contribution in [3.05, 3.63) is 34.5 Å². The summed E-state index contributed by atoms with van der Waals surface area (Å²) in [5.74, 6) is 0. The number of hydrogen-bond donors (Lipinski definition) is 0. The molecule has 0 bridgehead atoms. The molecule has 0 N–H and O–H groups in total.